The van der Waals surface area contributed by atoms with Crippen molar-refractivity contribution in [3.05, 3.63) is 11.8 Å². The first kappa shape index (κ1) is 13.6. The molecule has 0 spiro atoms. The van der Waals surface area contributed by atoms with Crippen LogP contribution in [0.2, 0.25) is 0 Å². The molecule has 0 saturated carbocycles. The first-order valence-corrected chi connectivity index (χ1v) is 3.43. The van der Waals surface area contributed by atoms with Crippen molar-refractivity contribution in [2.75, 3.05) is 5.73 Å². The topological polar surface area (TPSA) is 81.1 Å². The predicted molar refractivity (Wildman–Crippen MR) is 46.5 cm³/mol. The van der Waals surface area contributed by atoms with E-state index in [2.05, 4.69) is 5.10 Å². The van der Waals surface area contributed by atoms with Crippen molar-refractivity contribution in [2.45, 2.75) is 12.7 Å². The van der Waals surface area contributed by atoms with Crippen molar-refractivity contribution in [2.24, 2.45) is 0 Å². The molecule has 0 aliphatic carbocycles. The fourth-order valence-electron chi connectivity index (χ4n) is 0.825. The third-order valence-electron chi connectivity index (χ3n) is 1.39. The van der Waals surface area contributed by atoms with Gasteiger partial charge < -0.3 is 10.8 Å². The number of nitrogen functional groups attached to an aromatic ring is 1. The van der Waals surface area contributed by atoms with Crippen molar-refractivity contribution in [1.29, 1.82) is 0 Å². The number of hydrogen-bond donors (Lipinski definition) is 2. The molecular formula is C6H7ClF3N3O2. The Balaban J connectivity index is 0.00000196. The zero-order valence-electron chi connectivity index (χ0n) is 7.15. The number of rotatable bonds is 2. The van der Waals surface area contributed by atoms with Gasteiger partial charge in [0.1, 0.15) is 12.4 Å². The SMILES string of the molecule is Cl.Nc1cc(C(F)(F)F)nn1CC(=O)O. The molecule has 0 aliphatic rings. The van der Waals surface area contributed by atoms with Crippen LogP contribution < -0.4 is 5.73 Å². The summed E-state index contributed by atoms with van der Waals surface area (Å²) in [4.78, 5) is 10.2. The summed E-state index contributed by atoms with van der Waals surface area (Å²) < 4.78 is 36.7. The Morgan fingerprint density at radius 1 is 1.60 bits per heavy atom. The van der Waals surface area contributed by atoms with Crippen LogP contribution in [0.4, 0.5) is 19.0 Å². The molecule has 1 rings (SSSR count). The number of nitrogens with zero attached hydrogens (tertiary/aromatic N) is 2. The van der Waals surface area contributed by atoms with E-state index in [0.29, 0.717) is 10.7 Å². The highest BCUT2D eigenvalue weighted by atomic mass is 35.5. The molecule has 86 valence electrons. The number of carbonyl (C=O) groups is 1. The molecule has 0 fully saturated rings. The van der Waals surface area contributed by atoms with Gasteiger partial charge in [0.2, 0.25) is 0 Å². The normalized spacial score (nSPS) is 10.9. The van der Waals surface area contributed by atoms with Crippen LogP contribution in [0.15, 0.2) is 6.07 Å². The lowest BCUT2D eigenvalue weighted by Gasteiger charge is -2.00. The summed E-state index contributed by atoms with van der Waals surface area (Å²) >= 11 is 0. The maximum Gasteiger partial charge on any atom is 0.435 e. The molecule has 0 aromatic carbocycles. The lowest BCUT2D eigenvalue weighted by molar-refractivity contribution is -0.143. The minimum absolute atomic E-state index is 0. The molecule has 15 heavy (non-hydrogen) atoms. The van der Waals surface area contributed by atoms with Gasteiger partial charge in [-0.2, -0.15) is 18.3 Å². The van der Waals surface area contributed by atoms with E-state index >= 15 is 0 Å². The average molecular weight is 246 g/mol. The number of carboxylic acid groups (broad SMARTS) is 1. The maximum atomic E-state index is 12.0. The van der Waals surface area contributed by atoms with Gasteiger partial charge in [-0.3, -0.25) is 4.79 Å². The molecular weight excluding hydrogens is 239 g/mol. The van der Waals surface area contributed by atoms with Crippen molar-refractivity contribution in [3.63, 3.8) is 0 Å². The zero-order valence-corrected chi connectivity index (χ0v) is 7.97. The average Bonchev–Trinajstić information content (AvgIpc) is 2.30. The lowest BCUT2D eigenvalue weighted by Crippen LogP contribution is -2.14. The number of hydrogen-bond acceptors (Lipinski definition) is 3. The highest BCUT2D eigenvalue weighted by Gasteiger charge is 2.34. The van der Waals surface area contributed by atoms with Crippen molar-refractivity contribution < 1.29 is 23.1 Å². The van der Waals surface area contributed by atoms with Gasteiger partial charge in [0.25, 0.3) is 0 Å². The van der Waals surface area contributed by atoms with Crippen LogP contribution in [0.1, 0.15) is 5.69 Å². The van der Waals surface area contributed by atoms with Gasteiger partial charge in [-0.15, -0.1) is 12.4 Å². The Labute approximate surface area is 88.1 Å². The molecule has 0 atom stereocenters. The smallest absolute Gasteiger partial charge is 0.435 e. The number of aliphatic carboxylic acids is 1. The number of alkyl halides is 3. The molecule has 0 amide bonds. The Kier molecular flexibility index (Phi) is 3.97. The number of nitrogens with two attached hydrogens (primary N) is 1. The molecule has 0 aliphatic heterocycles. The van der Waals surface area contributed by atoms with E-state index in [0.717, 1.165) is 0 Å². The van der Waals surface area contributed by atoms with E-state index in [4.69, 9.17) is 10.8 Å². The summed E-state index contributed by atoms with van der Waals surface area (Å²) in [5.41, 5.74) is 3.93. The molecule has 9 heteroatoms. The van der Waals surface area contributed by atoms with Crippen LogP contribution in [-0.4, -0.2) is 20.9 Å². The van der Waals surface area contributed by atoms with E-state index in [1.165, 1.54) is 0 Å². The van der Waals surface area contributed by atoms with E-state index < -0.39 is 24.4 Å². The second-order valence-corrected chi connectivity index (χ2v) is 2.50. The van der Waals surface area contributed by atoms with E-state index in [1.807, 2.05) is 0 Å². The highest BCUT2D eigenvalue weighted by molar-refractivity contribution is 5.85. The molecule has 1 aromatic rings. The third-order valence-corrected chi connectivity index (χ3v) is 1.39. The van der Waals surface area contributed by atoms with Gasteiger partial charge in [-0.1, -0.05) is 0 Å². The standard InChI is InChI=1S/C6H6F3N3O2.ClH/c7-6(8,9)3-1-4(10)12(11-3)2-5(13)14;/h1H,2,10H2,(H,13,14);1H. The third kappa shape index (κ3) is 3.31. The van der Waals surface area contributed by atoms with Gasteiger partial charge >= 0.3 is 12.1 Å². The molecule has 3 N–H and O–H groups in total. The maximum absolute atomic E-state index is 12.0. The van der Waals surface area contributed by atoms with E-state index in [1.54, 1.807) is 0 Å². The van der Waals surface area contributed by atoms with Gasteiger partial charge in [-0.05, 0) is 0 Å². The Morgan fingerprint density at radius 3 is 2.47 bits per heavy atom. The molecule has 0 radical (unpaired) electrons. The number of carboxylic acids is 1. The van der Waals surface area contributed by atoms with Crippen molar-refractivity contribution in [3.8, 4) is 0 Å². The van der Waals surface area contributed by atoms with E-state index in [9.17, 15) is 18.0 Å². The molecule has 5 nitrogen and oxygen atoms in total. The van der Waals surface area contributed by atoms with Gasteiger partial charge in [-0.25, -0.2) is 4.68 Å². The first-order valence-electron chi connectivity index (χ1n) is 3.43. The number of anilines is 1. The quantitative estimate of drug-likeness (QED) is 0.814. The summed E-state index contributed by atoms with van der Waals surface area (Å²) in [7, 11) is 0. The van der Waals surface area contributed by atoms with Crippen LogP contribution in [0.3, 0.4) is 0 Å². The Hall–Kier alpha value is -1.44. The number of aromatic nitrogens is 2. The van der Waals surface area contributed by atoms with Crippen LogP contribution >= 0.6 is 12.4 Å². The zero-order chi connectivity index (χ0) is 10.9. The Bertz CT molecular complexity index is 363. The van der Waals surface area contributed by atoms with E-state index in [-0.39, 0.29) is 18.2 Å². The largest absolute Gasteiger partial charge is 0.480 e. The molecule has 1 aromatic heterocycles. The second kappa shape index (κ2) is 4.39. The summed E-state index contributed by atoms with van der Waals surface area (Å²) in [6, 6.07) is 0.586. The highest BCUT2D eigenvalue weighted by Crippen LogP contribution is 2.28. The summed E-state index contributed by atoms with van der Waals surface area (Å²) in [6.45, 7) is -0.693. The van der Waals surface area contributed by atoms with Gasteiger partial charge in [0.15, 0.2) is 5.69 Å². The molecule has 0 bridgehead atoms. The monoisotopic (exact) mass is 245 g/mol. The van der Waals surface area contributed by atoms with Crippen molar-refractivity contribution in [1.82, 2.24) is 9.78 Å². The van der Waals surface area contributed by atoms with Crippen LogP contribution in [0.25, 0.3) is 0 Å². The number of halogens is 4. The summed E-state index contributed by atoms with van der Waals surface area (Å²) in [5, 5.41) is 11.3. The summed E-state index contributed by atoms with van der Waals surface area (Å²) in [6.07, 6.45) is -4.61. The molecule has 0 saturated heterocycles. The van der Waals surface area contributed by atoms with Gasteiger partial charge in [0.05, 0.1) is 0 Å². The molecule has 0 unspecified atom stereocenters. The fourth-order valence-corrected chi connectivity index (χ4v) is 0.825. The van der Waals surface area contributed by atoms with Gasteiger partial charge in [0, 0.05) is 6.07 Å². The van der Waals surface area contributed by atoms with Crippen LogP contribution in [-0.2, 0) is 17.5 Å². The lowest BCUT2D eigenvalue weighted by atomic mass is 10.4. The second-order valence-electron chi connectivity index (χ2n) is 2.50. The first-order chi connectivity index (χ1) is 6.30. The van der Waals surface area contributed by atoms with Crippen LogP contribution in [0.5, 0.6) is 0 Å². The molecule has 1 heterocycles. The fraction of sp³-hybridized carbons (Fsp3) is 0.333. The summed E-state index contributed by atoms with van der Waals surface area (Å²) in [5.74, 6) is -1.65. The van der Waals surface area contributed by atoms with Crippen LogP contribution in [0, 0.1) is 0 Å². The minimum Gasteiger partial charge on any atom is -0.480 e. The van der Waals surface area contributed by atoms with Crippen molar-refractivity contribution >= 4 is 24.2 Å². The predicted octanol–water partition coefficient (Wildman–Crippen LogP) is 0.991. The minimum atomic E-state index is -4.61. The Morgan fingerprint density at radius 2 is 2.13 bits per heavy atom.